The van der Waals surface area contributed by atoms with Crippen LogP contribution in [0.15, 0.2) is 42.7 Å². The van der Waals surface area contributed by atoms with Crippen LogP contribution in [-0.2, 0) is 4.79 Å². The van der Waals surface area contributed by atoms with Crippen LogP contribution in [0.2, 0.25) is 0 Å². The lowest BCUT2D eigenvalue weighted by Crippen LogP contribution is -2.26. The van der Waals surface area contributed by atoms with Gasteiger partial charge in [0.15, 0.2) is 6.10 Å². The van der Waals surface area contributed by atoms with E-state index >= 15 is 0 Å². The predicted molar refractivity (Wildman–Crippen MR) is 91.6 cm³/mol. The molecule has 136 valence electrons. The molecular weight excluding hydrogens is 353 g/mol. The minimum absolute atomic E-state index is 0.0223. The highest BCUT2D eigenvalue weighted by Gasteiger charge is 2.27. The summed E-state index contributed by atoms with van der Waals surface area (Å²) in [5, 5.41) is 30.5. The van der Waals surface area contributed by atoms with E-state index in [2.05, 4.69) is 15.3 Å². The van der Waals surface area contributed by atoms with Gasteiger partial charge in [-0.1, -0.05) is 19.1 Å². The summed E-state index contributed by atoms with van der Waals surface area (Å²) < 4.78 is 21.0. The van der Waals surface area contributed by atoms with Crippen molar-refractivity contribution in [3.05, 3.63) is 54.1 Å². The minimum Gasteiger partial charge on any atom is -0.479 e. The Morgan fingerprint density at radius 2 is 2.15 bits per heavy atom. The average Bonchev–Trinajstić information content (AvgIpc) is 3.04. The van der Waals surface area contributed by atoms with Crippen LogP contribution in [0.5, 0.6) is 5.88 Å². The molecule has 0 amide bonds. The smallest absolute Gasteiger partial charge is 0.344 e. The van der Waals surface area contributed by atoms with Crippen molar-refractivity contribution >= 4 is 5.97 Å². The highest BCUT2D eigenvalue weighted by Crippen LogP contribution is 2.33. The molecule has 0 fully saturated rings. The lowest BCUT2D eigenvalue weighted by atomic mass is 10.1. The van der Waals surface area contributed by atoms with E-state index in [1.807, 2.05) is 6.07 Å². The van der Waals surface area contributed by atoms with Crippen molar-refractivity contribution in [1.82, 2.24) is 20.0 Å². The van der Waals surface area contributed by atoms with Crippen molar-refractivity contribution in [2.24, 2.45) is 0 Å². The van der Waals surface area contributed by atoms with Gasteiger partial charge in [-0.3, -0.25) is 0 Å². The summed E-state index contributed by atoms with van der Waals surface area (Å²) in [6, 6.07) is 9.44. The maximum absolute atomic E-state index is 14.4. The van der Waals surface area contributed by atoms with E-state index < -0.39 is 17.9 Å². The molecule has 1 N–H and O–H groups in total. The van der Waals surface area contributed by atoms with Crippen LogP contribution in [0.4, 0.5) is 4.39 Å². The SMILES string of the molecule is CCC(Oc1nn(-c2ccccc2F)c(-c2ccnnc2)c1C#N)C(=O)O. The molecule has 0 aliphatic carbocycles. The van der Waals surface area contributed by atoms with E-state index in [1.165, 1.54) is 35.3 Å². The van der Waals surface area contributed by atoms with Crippen molar-refractivity contribution < 1.29 is 19.0 Å². The van der Waals surface area contributed by atoms with Gasteiger partial charge in [0, 0.05) is 5.56 Å². The van der Waals surface area contributed by atoms with Gasteiger partial charge in [0.05, 0.1) is 18.1 Å². The van der Waals surface area contributed by atoms with Gasteiger partial charge in [-0.2, -0.15) is 15.5 Å². The molecule has 1 atom stereocenters. The first-order valence-corrected chi connectivity index (χ1v) is 8.01. The lowest BCUT2D eigenvalue weighted by molar-refractivity contribution is -0.145. The highest BCUT2D eigenvalue weighted by molar-refractivity contribution is 5.74. The maximum atomic E-state index is 14.4. The zero-order valence-electron chi connectivity index (χ0n) is 14.2. The molecule has 3 rings (SSSR count). The molecule has 9 heteroatoms. The first-order chi connectivity index (χ1) is 13.1. The predicted octanol–water partition coefficient (Wildman–Crippen LogP) is 2.58. The number of nitriles is 1. The molecule has 8 nitrogen and oxygen atoms in total. The summed E-state index contributed by atoms with van der Waals surface area (Å²) in [7, 11) is 0. The van der Waals surface area contributed by atoms with E-state index in [9.17, 15) is 19.6 Å². The number of rotatable bonds is 6. The number of ether oxygens (including phenoxy) is 1. The Balaban J connectivity index is 2.25. The third-order valence-electron chi connectivity index (χ3n) is 3.80. The van der Waals surface area contributed by atoms with Crippen LogP contribution >= 0.6 is 0 Å². The largest absolute Gasteiger partial charge is 0.479 e. The molecular formula is C18H14FN5O3. The fourth-order valence-electron chi connectivity index (χ4n) is 2.52. The number of halogens is 1. The number of hydrogen-bond acceptors (Lipinski definition) is 6. The van der Waals surface area contributed by atoms with Gasteiger partial charge in [-0.25, -0.2) is 13.9 Å². The minimum atomic E-state index is -1.19. The topological polar surface area (TPSA) is 114 Å². The summed E-state index contributed by atoms with van der Waals surface area (Å²) in [6.07, 6.45) is 1.79. The van der Waals surface area contributed by atoms with Crippen molar-refractivity contribution in [2.75, 3.05) is 0 Å². The third kappa shape index (κ3) is 3.46. The van der Waals surface area contributed by atoms with Crippen molar-refractivity contribution in [2.45, 2.75) is 19.4 Å². The Bertz CT molecular complexity index is 1010. The van der Waals surface area contributed by atoms with Gasteiger partial charge in [0.25, 0.3) is 5.88 Å². The molecule has 27 heavy (non-hydrogen) atoms. The summed E-state index contributed by atoms with van der Waals surface area (Å²) in [5.74, 6) is -1.94. The van der Waals surface area contributed by atoms with Crippen LogP contribution < -0.4 is 4.74 Å². The molecule has 0 bridgehead atoms. The summed E-state index contributed by atoms with van der Waals surface area (Å²) >= 11 is 0. The number of carboxylic acids is 1. The molecule has 0 saturated heterocycles. The standard InChI is InChI=1S/C18H14FN5O3/c1-2-15(18(25)26)27-17-12(9-20)16(11-7-8-21-22-10-11)24(23-17)14-6-4-3-5-13(14)19/h3-8,10,15H,2H2,1H3,(H,25,26). The molecule has 0 spiro atoms. The van der Waals surface area contributed by atoms with Crippen LogP contribution in [-0.4, -0.2) is 37.2 Å². The third-order valence-corrected chi connectivity index (χ3v) is 3.80. The van der Waals surface area contributed by atoms with Crippen LogP contribution in [0, 0.1) is 17.1 Å². The molecule has 2 heterocycles. The molecule has 0 aliphatic rings. The lowest BCUT2D eigenvalue weighted by Gasteiger charge is -2.10. The Morgan fingerprint density at radius 1 is 1.37 bits per heavy atom. The van der Waals surface area contributed by atoms with Crippen LogP contribution in [0.1, 0.15) is 18.9 Å². The Labute approximate surface area is 153 Å². The number of benzene rings is 1. The normalized spacial score (nSPS) is 11.6. The number of aliphatic carboxylic acids is 1. The van der Waals surface area contributed by atoms with E-state index in [1.54, 1.807) is 19.1 Å². The number of aromatic nitrogens is 4. The number of carboxylic acid groups (broad SMARTS) is 1. The van der Waals surface area contributed by atoms with Crippen LogP contribution in [0.25, 0.3) is 16.9 Å². The Hall–Kier alpha value is -3.80. The Morgan fingerprint density at radius 3 is 2.74 bits per heavy atom. The molecule has 0 aliphatic heterocycles. The zero-order chi connectivity index (χ0) is 19.4. The van der Waals surface area contributed by atoms with Gasteiger partial charge in [0.1, 0.15) is 23.1 Å². The zero-order valence-corrected chi connectivity index (χ0v) is 14.2. The molecule has 0 radical (unpaired) electrons. The molecule has 2 aromatic heterocycles. The van der Waals surface area contributed by atoms with E-state index in [4.69, 9.17) is 4.74 Å². The summed E-state index contributed by atoms with van der Waals surface area (Å²) in [5.41, 5.74) is 0.744. The van der Waals surface area contributed by atoms with Crippen molar-refractivity contribution in [3.8, 4) is 28.9 Å². The quantitative estimate of drug-likeness (QED) is 0.712. The molecule has 0 saturated carbocycles. The second-order valence-electron chi connectivity index (χ2n) is 5.49. The van der Waals surface area contributed by atoms with Gasteiger partial charge in [-0.05, 0) is 24.6 Å². The van der Waals surface area contributed by atoms with Crippen molar-refractivity contribution in [1.29, 1.82) is 5.26 Å². The fraction of sp³-hybridized carbons (Fsp3) is 0.167. The monoisotopic (exact) mass is 367 g/mol. The number of hydrogen-bond donors (Lipinski definition) is 1. The Kier molecular flexibility index (Phi) is 5.08. The fourth-order valence-corrected chi connectivity index (χ4v) is 2.52. The summed E-state index contributed by atoms with van der Waals surface area (Å²) in [6.45, 7) is 1.63. The second kappa shape index (κ2) is 7.61. The van der Waals surface area contributed by atoms with Crippen LogP contribution in [0.3, 0.4) is 0 Å². The first-order valence-electron chi connectivity index (χ1n) is 8.01. The number of nitrogens with zero attached hydrogens (tertiary/aromatic N) is 5. The second-order valence-corrected chi connectivity index (χ2v) is 5.49. The number of carbonyl (C=O) groups is 1. The highest BCUT2D eigenvalue weighted by atomic mass is 19.1. The number of para-hydroxylation sites is 1. The van der Waals surface area contributed by atoms with Gasteiger partial charge in [0.2, 0.25) is 0 Å². The molecule has 1 unspecified atom stereocenters. The van der Waals surface area contributed by atoms with Crippen molar-refractivity contribution in [3.63, 3.8) is 0 Å². The van der Waals surface area contributed by atoms with E-state index in [0.29, 0.717) is 5.56 Å². The van der Waals surface area contributed by atoms with E-state index in [0.717, 1.165) is 0 Å². The summed E-state index contributed by atoms with van der Waals surface area (Å²) in [4.78, 5) is 11.3. The molecule has 3 aromatic rings. The van der Waals surface area contributed by atoms with E-state index in [-0.39, 0.29) is 29.2 Å². The van der Waals surface area contributed by atoms with Gasteiger partial charge >= 0.3 is 5.97 Å². The van der Waals surface area contributed by atoms with Gasteiger partial charge < -0.3 is 9.84 Å². The first kappa shape index (κ1) is 18.0. The average molecular weight is 367 g/mol. The van der Waals surface area contributed by atoms with Gasteiger partial charge in [-0.15, -0.1) is 5.10 Å². The maximum Gasteiger partial charge on any atom is 0.344 e. The molecule has 1 aromatic carbocycles.